The van der Waals surface area contributed by atoms with Crippen LogP contribution in [-0.4, -0.2) is 61.9 Å². The minimum Gasteiger partial charge on any atom is -0.493 e. The highest BCUT2D eigenvalue weighted by molar-refractivity contribution is 6.35. The topological polar surface area (TPSA) is 105 Å². The summed E-state index contributed by atoms with van der Waals surface area (Å²) in [5.41, 5.74) is 2.47. The molecule has 1 amide bonds. The van der Waals surface area contributed by atoms with Gasteiger partial charge < -0.3 is 18.9 Å². The molecule has 13 heteroatoms. The summed E-state index contributed by atoms with van der Waals surface area (Å²) in [7, 11) is 3.06. The van der Waals surface area contributed by atoms with E-state index in [2.05, 4.69) is 14.9 Å². The number of rotatable bonds is 11. The minimum atomic E-state index is -0.790. The number of ether oxygens (including phenoxy) is 4. The predicted octanol–water partition coefficient (Wildman–Crippen LogP) is 6.74. The largest absolute Gasteiger partial charge is 0.493 e. The van der Waals surface area contributed by atoms with Gasteiger partial charge in [0.25, 0.3) is 0 Å². The van der Waals surface area contributed by atoms with Gasteiger partial charge in [0.2, 0.25) is 0 Å². The van der Waals surface area contributed by atoms with Crippen LogP contribution in [0.15, 0.2) is 73.3 Å². The number of nitrogens with zero attached hydrogens (tertiary/aromatic N) is 3. The second-order valence-corrected chi connectivity index (χ2v) is 12.9. The van der Waals surface area contributed by atoms with Gasteiger partial charge in [-0.15, -0.1) is 0 Å². The SMILES string of the molecule is COc1ccc([C@H](Cc2c(Cl)c[nH+]cc2Cl)OC(=O)c2ccc(CN(C(=O)O[C@H]3CN4CCC3CC4)c3cncc(F)c3)cc2)cc1OC. The highest BCUT2D eigenvalue weighted by Gasteiger charge is 2.37. The summed E-state index contributed by atoms with van der Waals surface area (Å²) in [6.07, 6.45) is 6.25. The molecule has 2 bridgehead atoms. The van der Waals surface area contributed by atoms with Crippen molar-refractivity contribution in [2.45, 2.75) is 38.0 Å². The van der Waals surface area contributed by atoms with E-state index in [0.29, 0.717) is 50.7 Å². The van der Waals surface area contributed by atoms with Crippen molar-refractivity contribution < 1.29 is 37.9 Å². The van der Waals surface area contributed by atoms with E-state index < -0.39 is 24.0 Å². The number of nitrogens with one attached hydrogen (secondary N) is 1. The van der Waals surface area contributed by atoms with Crippen LogP contribution in [0.1, 0.15) is 46.0 Å². The number of amides is 1. The Balaban J connectivity index is 1.21. The highest BCUT2D eigenvalue weighted by Crippen LogP contribution is 2.36. The van der Waals surface area contributed by atoms with E-state index in [9.17, 15) is 14.0 Å². The molecule has 49 heavy (non-hydrogen) atoms. The van der Waals surface area contributed by atoms with Crippen molar-refractivity contribution in [3.05, 3.63) is 111 Å². The van der Waals surface area contributed by atoms with Crippen LogP contribution >= 0.6 is 23.2 Å². The number of H-pyrrole nitrogens is 1. The first-order chi connectivity index (χ1) is 23.7. The number of hydrogen-bond donors (Lipinski definition) is 0. The summed E-state index contributed by atoms with van der Waals surface area (Å²) in [6, 6.07) is 13.1. The van der Waals surface area contributed by atoms with Crippen LogP contribution in [0, 0.1) is 11.7 Å². The van der Waals surface area contributed by atoms with Crippen LogP contribution in [0.25, 0.3) is 0 Å². The minimum absolute atomic E-state index is 0.0662. The number of benzene rings is 2. The Morgan fingerprint density at radius 1 is 1.00 bits per heavy atom. The zero-order chi connectivity index (χ0) is 34.5. The number of anilines is 1. The van der Waals surface area contributed by atoms with Crippen molar-refractivity contribution in [3.63, 3.8) is 0 Å². The van der Waals surface area contributed by atoms with Crippen LogP contribution in [0.2, 0.25) is 10.0 Å². The van der Waals surface area contributed by atoms with Crippen molar-refractivity contribution in [2.24, 2.45) is 5.92 Å². The maximum atomic E-state index is 14.2. The van der Waals surface area contributed by atoms with Gasteiger partial charge in [0.05, 0.1) is 44.4 Å². The van der Waals surface area contributed by atoms with Crippen molar-refractivity contribution >= 4 is 41.0 Å². The van der Waals surface area contributed by atoms with Gasteiger partial charge in [-0.25, -0.2) is 19.0 Å². The molecule has 2 aromatic carbocycles. The van der Waals surface area contributed by atoms with Gasteiger partial charge in [-0.05, 0) is 67.2 Å². The normalized spacial score (nSPS) is 18.8. The van der Waals surface area contributed by atoms with Crippen molar-refractivity contribution in [1.29, 1.82) is 0 Å². The zero-order valence-corrected chi connectivity index (χ0v) is 28.5. The summed E-state index contributed by atoms with van der Waals surface area (Å²) in [4.78, 5) is 37.6. The Kier molecular flexibility index (Phi) is 10.8. The first kappa shape index (κ1) is 34.4. The molecule has 3 fully saturated rings. The van der Waals surface area contributed by atoms with Crippen molar-refractivity contribution in [3.8, 4) is 11.5 Å². The van der Waals surface area contributed by atoms with Crippen molar-refractivity contribution in [2.75, 3.05) is 38.8 Å². The lowest BCUT2D eigenvalue weighted by atomic mass is 9.86. The lowest BCUT2D eigenvalue weighted by molar-refractivity contribution is -0.377. The van der Waals surface area contributed by atoms with Gasteiger partial charge in [0, 0.05) is 24.6 Å². The summed E-state index contributed by atoms with van der Waals surface area (Å²) in [5, 5.41) is 0.784. The summed E-state index contributed by atoms with van der Waals surface area (Å²) < 4.78 is 37.1. The molecule has 7 rings (SSSR count). The van der Waals surface area contributed by atoms with Gasteiger partial charge in [-0.1, -0.05) is 41.4 Å². The maximum absolute atomic E-state index is 14.2. The molecule has 1 N–H and O–H groups in total. The number of halogens is 3. The second-order valence-electron chi connectivity index (χ2n) is 12.0. The molecule has 0 saturated carbocycles. The molecule has 0 unspecified atom stereocenters. The molecule has 3 saturated heterocycles. The van der Waals surface area contributed by atoms with Crippen LogP contribution in [-0.2, 0) is 22.4 Å². The Bertz CT molecular complexity index is 1780. The third-order valence-electron chi connectivity index (χ3n) is 9.02. The first-order valence-electron chi connectivity index (χ1n) is 15.9. The molecule has 2 atom stereocenters. The van der Waals surface area contributed by atoms with Gasteiger partial charge in [0.1, 0.15) is 28.1 Å². The van der Waals surface area contributed by atoms with E-state index in [4.69, 9.17) is 42.1 Å². The molecule has 0 aliphatic carbocycles. The molecular weight excluding hydrogens is 674 g/mol. The van der Waals surface area contributed by atoms with Crippen LogP contribution in [0.4, 0.5) is 14.9 Å². The third-order valence-corrected chi connectivity index (χ3v) is 9.69. The number of fused-ring (bicyclic) bond motifs is 3. The molecule has 4 aromatic rings. The monoisotopic (exact) mass is 709 g/mol. The van der Waals surface area contributed by atoms with E-state index in [1.54, 1.807) is 54.9 Å². The fourth-order valence-corrected chi connectivity index (χ4v) is 6.84. The molecule has 2 aromatic heterocycles. The van der Waals surface area contributed by atoms with Gasteiger partial charge in [-0.3, -0.25) is 14.8 Å². The van der Waals surface area contributed by atoms with Crippen LogP contribution in [0.3, 0.4) is 0 Å². The average molecular weight is 711 g/mol. The van der Waals surface area contributed by atoms with E-state index in [-0.39, 0.29) is 30.3 Å². The molecule has 256 valence electrons. The van der Waals surface area contributed by atoms with Gasteiger partial charge in [-0.2, -0.15) is 0 Å². The number of esters is 1. The molecule has 5 heterocycles. The van der Waals surface area contributed by atoms with Gasteiger partial charge >= 0.3 is 12.1 Å². The Labute approximate surface area is 293 Å². The summed E-state index contributed by atoms with van der Waals surface area (Å²) >= 11 is 12.9. The number of methoxy groups -OCH3 is 2. The van der Waals surface area contributed by atoms with Crippen LogP contribution in [0.5, 0.6) is 11.5 Å². The fraction of sp³-hybridized carbons (Fsp3) is 0.333. The summed E-state index contributed by atoms with van der Waals surface area (Å²) in [6.45, 7) is 2.77. The highest BCUT2D eigenvalue weighted by atomic mass is 35.5. The van der Waals surface area contributed by atoms with Crippen molar-refractivity contribution in [1.82, 2.24) is 9.88 Å². The standard InChI is InChI=1S/C36H35Cl2FN4O6/c1-46-31-8-7-25(13-33(31)47-2)32(15-28-29(37)18-41-19-30(28)38)48-35(44)24-5-3-22(4-6-24)20-43(27-14-26(39)16-40-17-27)36(45)49-34-21-42-11-9-23(34)10-12-42/h3-8,13-14,16-19,23,32,34H,9-12,15,20-21H2,1-2H3/p+1/t32-,34-/m0/s1. The molecule has 0 radical (unpaired) electrons. The number of piperidine rings is 3. The molecule has 3 aliphatic heterocycles. The molecule has 0 spiro atoms. The number of carbonyl (C=O) groups excluding carboxylic acids is 2. The fourth-order valence-electron chi connectivity index (χ4n) is 6.31. The van der Waals surface area contributed by atoms with E-state index in [1.807, 2.05) is 0 Å². The Hall–Kier alpha value is -4.45. The number of aromatic amines is 1. The predicted molar refractivity (Wildman–Crippen MR) is 181 cm³/mol. The number of hydrogen-bond acceptors (Lipinski definition) is 8. The second kappa shape index (κ2) is 15.4. The number of carbonyl (C=O) groups is 2. The molecule has 10 nitrogen and oxygen atoms in total. The van der Waals surface area contributed by atoms with Gasteiger partial charge in [0.15, 0.2) is 23.9 Å². The Morgan fingerprint density at radius 3 is 2.35 bits per heavy atom. The number of pyridine rings is 2. The zero-order valence-electron chi connectivity index (χ0n) is 27.0. The van der Waals surface area contributed by atoms with E-state index in [0.717, 1.165) is 32.1 Å². The molecular formula is C36H36Cl2FN4O6+. The Morgan fingerprint density at radius 2 is 1.71 bits per heavy atom. The maximum Gasteiger partial charge on any atom is 0.414 e. The van der Waals surface area contributed by atoms with E-state index >= 15 is 0 Å². The lowest BCUT2D eigenvalue weighted by Crippen LogP contribution is -2.53. The van der Waals surface area contributed by atoms with Crippen LogP contribution < -0.4 is 19.4 Å². The number of aromatic nitrogens is 2. The first-order valence-corrected chi connectivity index (χ1v) is 16.6. The summed E-state index contributed by atoms with van der Waals surface area (Å²) in [5.74, 6) is 0.134. The quantitative estimate of drug-likeness (QED) is 0.158. The average Bonchev–Trinajstić information content (AvgIpc) is 3.12. The smallest absolute Gasteiger partial charge is 0.414 e. The lowest BCUT2D eigenvalue weighted by Gasteiger charge is -2.44. The van der Waals surface area contributed by atoms with E-state index in [1.165, 1.54) is 31.4 Å². The molecule has 3 aliphatic rings. The third kappa shape index (κ3) is 8.07.